The van der Waals surface area contributed by atoms with Gasteiger partial charge in [0.2, 0.25) is 0 Å². The van der Waals surface area contributed by atoms with Crippen LogP contribution in [0, 0.1) is 0 Å². The molecule has 0 fully saturated rings. The van der Waals surface area contributed by atoms with Crippen molar-refractivity contribution >= 4 is 27.8 Å². The Labute approximate surface area is 113 Å². The quantitative estimate of drug-likeness (QED) is 0.839. The number of carbonyl (C=O) groups is 2. The number of hydrogen-bond donors (Lipinski definition) is 1. The molecule has 18 heavy (non-hydrogen) atoms. The summed E-state index contributed by atoms with van der Waals surface area (Å²) in [6.45, 7) is 3.63. The molecule has 1 heterocycles. The number of amides is 1. The van der Waals surface area contributed by atoms with E-state index < -0.39 is 17.9 Å². The van der Waals surface area contributed by atoms with Crippen molar-refractivity contribution in [3.05, 3.63) is 41.2 Å². The standard InChI is InChI=1S/C12H13BrN2O3/c1-8(13)7-10(12(17)18-2)15-11(16)9-5-3-4-6-14-9/h3-6,10H,1,7H2,2H3,(H,15,16)/t10-/m1/s1. The van der Waals surface area contributed by atoms with E-state index in [2.05, 4.69) is 37.5 Å². The molecule has 0 aromatic carbocycles. The molecule has 1 amide bonds. The van der Waals surface area contributed by atoms with E-state index in [4.69, 9.17) is 0 Å². The molecule has 1 N–H and O–H groups in total. The van der Waals surface area contributed by atoms with Crippen LogP contribution in [0.3, 0.4) is 0 Å². The third kappa shape index (κ3) is 4.29. The van der Waals surface area contributed by atoms with E-state index in [1.165, 1.54) is 13.3 Å². The van der Waals surface area contributed by atoms with Gasteiger partial charge in [0.05, 0.1) is 7.11 Å². The van der Waals surface area contributed by atoms with Crippen molar-refractivity contribution in [2.45, 2.75) is 12.5 Å². The first-order chi connectivity index (χ1) is 8.54. The average molecular weight is 313 g/mol. The summed E-state index contributed by atoms with van der Waals surface area (Å²) >= 11 is 3.15. The van der Waals surface area contributed by atoms with E-state index in [1.54, 1.807) is 18.2 Å². The molecule has 0 bridgehead atoms. The Balaban J connectivity index is 2.74. The molecule has 1 aromatic rings. The third-order valence-corrected chi connectivity index (χ3v) is 2.44. The normalized spacial score (nSPS) is 11.4. The minimum atomic E-state index is -0.781. The van der Waals surface area contributed by atoms with Crippen LogP contribution in [0.4, 0.5) is 0 Å². The minimum Gasteiger partial charge on any atom is -0.467 e. The first-order valence-corrected chi connectivity index (χ1v) is 5.97. The Morgan fingerprint density at radius 3 is 2.78 bits per heavy atom. The number of methoxy groups -OCH3 is 1. The molecule has 0 saturated heterocycles. The number of pyridine rings is 1. The Morgan fingerprint density at radius 1 is 1.56 bits per heavy atom. The van der Waals surface area contributed by atoms with E-state index in [0.29, 0.717) is 4.48 Å². The van der Waals surface area contributed by atoms with Gasteiger partial charge in [0.1, 0.15) is 11.7 Å². The van der Waals surface area contributed by atoms with Gasteiger partial charge in [0.15, 0.2) is 0 Å². The number of nitrogens with zero attached hydrogens (tertiary/aromatic N) is 1. The predicted octanol–water partition coefficient (Wildman–Crippen LogP) is 1.65. The number of aromatic nitrogens is 1. The lowest BCUT2D eigenvalue weighted by Gasteiger charge is -2.15. The Bertz CT molecular complexity index is 448. The number of ether oxygens (including phenoxy) is 1. The first-order valence-electron chi connectivity index (χ1n) is 5.17. The first kappa shape index (κ1) is 14.4. The molecule has 96 valence electrons. The fourth-order valence-corrected chi connectivity index (χ4v) is 1.61. The van der Waals surface area contributed by atoms with E-state index in [-0.39, 0.29) is 12.1 Å². The molecule has 1 rings (SSSR count). The maximum atomic E-state index is 11.8. The molecular formula is C12H13BrN2O3. The van der Waals surface area contributed by atoms with E-state index in [1.807, 2.05) is 0 Å². The molecule has 0 aliphatic rings. The zero-order chi connectivity index (χ0) is 13.5. The minimum absolute atomic E-state index is 0.242. The van der Waals surface area contributed by atoms with Crippen LogP contribution >= 0.6 is 15.9 Å². The maximum Gasteiger partial charge on any atom is 0.328 e. The molecule has 0 spiro atoms. The Hall–Kier alpha value is -1.69. The van der Waals surface area contributed by atoms with Crippen LogP contribution in [-0.4, -0.2) is 30.0 Å². The molecule has 0 aliphatic heterocycles. The molecule has 1 atom stereocenters. The van der Waals surface area contributed by atoms with Gasteiger partial charge in [-0.3, -0.25) is 9.78 Å². The second kappa shape index (κ2) is 6.90. The van der Waals surface area contributed by atoms with Gasteiger partial charge < -0.3 is 10.1 Å². The van der Waals surface area contributed by atoms with Crippen molar-refractivity contribution in [3.8, 4) is 0 Å². The highest BCUT2D eigenvalue weighted by Crippen LogP contribution is 2.11. The lowest BCUT2D eigenvalue weighted by Crippen LogP contribution is -2.41. The highest BCUT2D eigenvalue weighted by molar-refractivity contribution is 9.11. The zero-order valence-corrected chi connectivity index (χ0v) is 11.4. The number of hydrogen-bond acceptors (Lipinski definition) is 4. The fourth-order valence-electron chi connectivity index (χ4n) is 1.29. The molecule has 6 heteroatoms. The Morgan fingerprint density at radius 2 is 2.28 bits per heavy atom. The maximum absolute atomic E-state index is 11.8. The summed E-state index contributed by atoms with van der Waals surface area (Å²) in [4.78, 5) is 27.2. The summed E-state index contributed by atoms with van der Waals surface area (Å²) in [6, 6.07) is 4.18. The third-order valence-electron chi connectivity index (χ3n) is 2.11. The van der Waals surface area contributed by atoms with Gasteiger partial charge in [-0.25, -0.2) is 4.79 Å². The van der Waals surface area contributed by atoms with Crippen LogP contribution in [0.25, 0.3) is 0 Å². The molecule has 0 radical (unpaired) electrons. The van der Waals surface area contributed by atoms with Crippen molar-refractivity contribution in [2.24, 2.45) is 0 Å². The molecule has 0 aliphatic carbocycles. The van der Waals surface area contributed by atoms with Gasteiger partial charge in [-0.15, -0.1) is 0 Å². The number of halogens is 1. The van der Waals surface area contributed by atoms with Crippen LogP contribution in [-0.2, 0) is 9.53 Å². The van der Waals surface area contributed by atoms with Crippen LogP contribution in [0.15, 0.2) is 35.5 Å². The molecule has 5 nitrogen and oxygen atoms in total. The molecular weight excluding hydrogens is 300 g/mol. The highest BCUT2D eigenvalue weighted by atomic mass is 79.9. The van der Waals surface area contributed by atoms with Crippen molar-refractivity contribution in [1.82, 2.24) is 10.3 Å². The van der Waals surface area contributed by atoms with Gasteiger partial charge in [-0.05, 0) is 16.6 Å². The summed E-state index contributed by atoms with van der Waals surface area (Å²) in [5.74, 6) is -0.959. The van der Waals surface area contributed by atoms with Crippen LogP contribution < -0.4 is 5.32 Å². The number of nitrogens with one attached hydrogen (secondary N) is 1. The van der Waals surface area contributed by atoms with Crippen molar-refractivity contribution in [2.75, 3.05) is 7.11 Å². The molecule has 0 unspecified atom stereocenters. The predicted molar refractivity (Wildman–Crippen MR) is 70.2 cm³/mol. The van der Waals surface area contributed by atoms with E-state index in [0.717, 1.165) is 0 Å². The van der Waals surface area contributed by atoms with Crippen molar-refractivity contribution < 1.29 is 14.3 Å². The number of carbonyl (C=O) groups excluding carboxylic acids is 2. The zero-order valence-electron chi connectivity index (χ0n) is 9.85. The summed E-state index contributed by atoms with van der Waals surface area (Å²) in [5.41, 5.74) is 0.242. The Kier molecular flexibility index (Phi) is 5.51. The lowest BCUT2D eigenvalue weighted by molar-refractivity contribution is -0.142. The highest BCUT2D eigenvalue weighted by Gasteiger charge is 2.22. The van der Waals surface area contributed by atoms with Gasteiger partial charge in [0, 0.05) is 12.6 Å². The van der Waals surface area contributed by atoms with Gasteiger partial charge in [-0.2, -0.15) is 0 Å². The second-order valence-corrected chi connectivity index (χ2v) is 4.61. The van der Waals surface area contributed by atoms with E-state index >= 15 is 0 Å². The fraction of sp³-hybridized carbons (Fsp3) is 0.250. The van der Waals surface area contributed by atoms with Crippen LogP contribution in [0.1, 0.15) is 16.9 Å². The molecule has 1 aromatic heterocycles. The van der Waals surface area contributed by atoms with Gasteiger partial charge in [0.25, 0.3) is 5.91 Å². The summed E-state index contributed by atoms with van der Waals surface area (Å²) in [5, 5.41) is 2.55. The smallest absolute Gasteiger partial charge is 0.328 e. The molecule has 0 saturated carbocycles. The lowest BCUT2D eigenvalue weighted by atomic mass is 10.2. The van der Waals surface area contributed by atoms with Gasteiger partial charge in [-0.1, -0.05) is 28.6 Å². The van der Waals surface area contributed by atoms with Crippen molar-refractivity contribution in [3.63, 3.8) is 0 Å². The summed E-state index contributed by atoms with van der Waals surface area (Å²) < 4.78 is 5.21. The summed E-state index contributed by atoms with van der Waals surface area (Å²) in [7, 11) is 1.26. The number of esters is 1. The number of rotatable bonds is 5. The summed E-state index contributed by atoms with van der Waals surface area (Å²) in [6.07, 6.45) is 1.76. The second-order valence-electron chi connectivity index (χ2n) is 3.49. The van der Waals surface area contributed by atoms with E-state index in [9.17, 15) is 9.59 Å². The van der Waals surface area contributed by atoms with Gasteiger partial charge >= 0.3 is 5.97 Å². The van der Waals surface area contributed by atoms with Crippen molar-refractivity contribution in [1.29, 1.82) is 0 Å². The average Bonchev–Trinajstić information content (AvgIpc) is 2.37. The monoisotopic (exact) mass is 312 g/mol. The topological polar surface area (TPSA) is 68.3 Å². The largest absolute Gasteiger partial charge is 0.467 e. The SMILES string of the molecule is C=C(Br)C[C@@H](NC(=O)c1ccccn1)C(=O)OC. The van der Waals surface area contributed by atoms with Crippen LogP contribution in [0.5, 0.6) is 0 Å². The van der Waals surface area contributed by atoms with Crippen LogP contribution in [0.2, 0.25) is 0 Å².